The lowest BCUT2D eigenvalue weighted by atomic mass is 10.2. The molecule has 0 radical (unpaired) electrons. The minimum Gasteiger partial charge on any atom is -0.480 e. The number of rotatable bonds is 4. The van der Waals surface area contributed by atoms with E-state index < -0.39 is 0 Å². The molecule has 23 heavy (non-hydrogen) atoms. The average molecular weight is 394 g/mol. The Morgan fingerprint density at radius 2 is 2.39 bits per heavy atom. The Bertz CT molecular complexity index is 753. The minimum absolute atomic E-state index is 0.131. The summed E-state index contributed by atoms with van der Waals surface area (Å²) < 4.78 is 6.30. The number of benzene rings is 1. The van der Waals surface area contributed by atoms with Crippen molar-refractivity contribution in [1.29, 1.82) is 0 Å². The molecule has 1 fully saturated rings. The maximum atomic E-state index is 12.0. The van der Waals surface area contributed by atoms with E-state index in [-0.39, 0.29) is 18.4 Å². The number of amidine groups is 1. The summed E-state index contributed by atoms with van der Waals surface area (Å²) in [4.78, 5) is 23.2. The van der Waals surface area contributed by atoms with Crippen LogP contribution in [0.25, 0.3) is 6.08 Å². The molecule has 1 aromatic rings. The van der Waals surface area contributed by atoms with Gasteiger partial charge < -0.3 is 4.74 Å². The van der Waals surface area contributed by atoms with Crippen molar-refractivity contribution in [3.05, 3.63) is 33.1 Å². The lowest BCUT2D eigenvalue weighted by Crippen LogP contribution is -2.23. The second kappa shape index (κ2) is 7.85. The summed E-state index contributed by atoms with van der Waals surface area (Å²) in [5.74, 6) is 2.34. The van der Waals surface area contributed by atoms with E-state index in [1.807, 2.05) is 12.1 Å². The largest absolute Gasteiger partial charge is 0.480 e. The van der Waals surface area contributed by atoms with E-state index in [0.29, 0.717) is 21.4 Å². The summed E-state index contributed by atoms with van der Waals surface area (Å²) >= 11 is 4.50. The van der Waals surface area contributed by atoms with Crippen LogP contribution in [0.5, 0.6) is 5.75 Å². The molecule has 1 aliphatic heterocycles. The van der Waals surface area contributed by atoms with E-state index in [9.17, 15) is 9.59 Å². The number of hydrogen-bond acceptors (Lipinski definition) is 5. The minimum atomic E-state index is -0.318. The van der Waals surface area contributed by atoms with Gasteiger partial charge >= 0.3 is 0 Å². The number of thioether (sulfide) groups is 1. The number of nitrogens with zero attached hydrogens (tertiary/aromatic N) is 1. The monoisotopic (exact) mass is 393 g/mol. The van der Waals surface area contributed by atoms with Crippen molar-refractivity contribution in [2.75, 3.05) is 6.61 Å². The van der Waals surface area contributed by atoms with Gasteiger partial charge in [-0.15, -0.1) is 11.5 Å². The molecule has 1 aromatic carbocycles. The zero-order valence-electron chi connectivity index (χ0n) is 12.1. The Hall–Kier alpha value is -2.24. The average Bonchev–Trinajstić information content (AvgIpc) is 2.85. The van der Waals surface area contributed by atoms with Gasteiger partial charge in [0, 0.05) is 17.0 Å². The number of carbonyl (C=O) groups excluding carboxylic acids is 2. The fourth-order valence-corrected chi connectivity index (χ4v) is 2.79. The van der Waals surface area contributed by atoms with Gasteiger partial charge in [-0.25, -0.2) is 5.43 Å². The smallest absolute Gasteiger partial charge is 0.264 e. The van der Waals surface area contributed by atoms with Crippen molar-refractivity contribution in [3.8, 4) is 18.1 Å². The summed E-state index contributed by atoms with van der Waals surface area (Å²) in [6.45, 7) is 1.46. The van der Waals surface area contributed by atoms with Crippen LogP contribution >= 0.6 is 27.7 Å². The highest BCUT2D eigenvalue weighted by atomic mass is 79.9. The molecule has 1 aliphatic rings. The Kier molecular flexibility index (Phi) is 5.84. The van der Waals surface area contributed by atoms with Crippen molar-refractivity contribution < 1.29 is 14.3 Å². The maximum absolute atomic E-state index is 12.0. The van der Waals surface area contributed by atoms with E-state index in [2.05, 4.69) is 37.7 Å². The van der Waals surface area contributed by atoms with Crippen LogP contribution in [0.15, 0.2) is 32.7 Å². The van der Waals surface area contributed by atoms with Crippen LogP contribution in [0.1, 0.15) is 12.5 Å². The van der Waals surface area contributed by atoms with Gasteiger partial charge in [0.15, 0.2) is 5.17 Å². The lowest BCUT2D eigenvalue weighted by molar-refractivity contribution is -0.119. The molecule has 118 valence electrons. The molecular formula is C15H12BrN3O3S. The molecule has 0 aliphatic carbocycles. The maximum Gasteiger partial charge on any atom is 0.264 e. The second-order valence-electron chi connectivity index (χ2n) is 4.32. The van der Waals surface area contributed by atoms with Crippen molar-refractivity contribution in [3.63, 3.8) is 0 Å². The SMILES string of the molecule is C#CCOc1ccc(Br)cc1/C=C1\S/C(=N/NC(C)=O)NC1=O. The Balaban J connectivity index is 2.26. The van der Waals surface area contributed by atoms with Crippen LogP contribution in [-0.2, 0) is 9.59 Å². The van der Waals surface area contributed by atoms with E-state index >= 15 is 0 Å². The Labute approximate surface area is 145 Å². The predicted octanol–water partition coefficient (Wildman–Crippen LogP) is 2.07. The summed E-state index contributed by atoms with van der Waals surface area (Å²) in [6.07, 6.45) is 6.87. The van der Waals surface area contributed by atoms with E-state index in [1.165, 1.54) is 6.92 Å². The first-order chi connectivity index (χ1) is 11.0. The molecule has 2 rings (SSSR count). The molecule has 0 unspecified atom stereocenters. The quantitative estimate of drug-likeness (QED) is 0.466. The lowest BCUT2D eigenvalue weighted by Gasteiger charge is -2.07. The molecule has 2 N–H and O–H groups in total. The highest BCUT2D eigenvalue weighted by Crippen LogP contribution is 2.30. The van der Waals surface area contributed by atoms with Gasteiger partial charge in [-0.3, -0.25) is 14.9 Å². The zero-order chi connectivity index (χ0) is 16.8. The van der Waals surface area contributed by atoms with E-state index in [0.717, 1.165) is 16.2 Å². The molecule has 0 saturated carbocycles. The fourth-order valence-electron chi connectivity index (χ4n) is 1.63. The van der Waals surface area contributed by atoms with Crippen LogP contribution < -0.4 is 15.5 Å². The molecule has 6 nitrogen and oxygen atoms in total. The highest BCUT2D eigenvalue weighted by Gasteiger charge is 2.24. The summed E-state index contributed by atoms with van der Waals surface area (Å²) in [5, 5.41) is 6.66. The van der Waals surface area contributed by atoms with Crippen molar-refractivity contribution in [2.45, 2.75) is 6.92 Å². The molecule has 1 heterocycles. The van der Waals surface area contributed by atoms with Gasteiger partial charge in [0.25, 0.3) is 5.91 Å². The standard InChI is InChI=1S/C15H12BrN3O3S/c1-3-6-22-12-5-4-11(16)7-10(12)8-13-14(21)17-15(23-13)19-18-9(2)20/h1,4-5,7-8H,6H2,2H3,(H,18,20)(H,17,19,21)/b13-8-. The molecule has 2 amide bonds. The summed E-state index contributed by atoms with van der Waals surface area (Å²) in [5.41, 5.74) is 2.97. The molecule has 0 bridgehead atoms. The third-order valence-corrected chi connectivity index (χ3v) is 3.94. The van der Waals surface area contributed by atoms with Crippen molar-refractivity contribution >= 4 is 50.7 Å². The number of hydrogen-bond donors (Lipinski definition) is 2. The molecular weight excluding hydrogens is 382 g/mol. The second-order valence-corrected chi connectivity index (χ2v) is 6.27. The number of hydrazone groups is 1. The van der Waals surface area contributed by atoms with Gasteiger partial charge in [0.05, 0.1) is 4.91 Å². The van der Waals surface area contributed by atoms with Crippen molar-refractivity contribution in [2.24, 2.45) is 5.10 Å². The van der Waals surface area contributed by atoms with Gasteiger partial charge in [-0.2, -0.15) is 0 Å². The van der Waals surface area contributed by atoms with Crippen LogP contribution in [0.4, 0.5) is 0 Å². The van der Waals surface area contributed by atoms with E-state index in [4.69, 9.17) is 11.2 Å². The summed E-state index contributed by atoms with van der Waals surface area (Å²) in [7, 11) is 0. The molecule has 1 saturated heterocycles. The Morgan fingerprint density at radius 1 is 1.61 bits per heavy atom. The summed E-state index contributed by atoms with van der Waals surface area (Å²) in [6, 6.07) is 5.40. The first kappa shape index (κ1) is 17.1. The predicted molar refractivity (Wildman–Crippen MR) is 93.4 cm³/mol. The highest BCUT2D eigenvalue weighted by molar-refractivity contribution is 9.10. The normalized spacial score (nSPS) is 17.0. The van der Waals surface area contributed by atoms with Crippen LogP contribution in [-0.4, -0.2) is 23.6 Å². The number of nitrogens with one attached hydrogen (secondary N) is 2. The van der Waals surface area contributed by atoms with Gasteiger partial charge in [-0.05, 0) is 36.0 Å². The number of amides is 2. The number of ether oxygens (including phenoxy) is 1. The fraction of sp³-hybridized carbons (Fsp3) is 0.133. The number of halogens is 1. The first-order valence-electron chi connectivity index (χ1n) is 6.40. The topological polar surface area (TPSA) is 79.8 Å². The van der Waals surface area contributed by atoms with Gasteiger partial charge in [-0.1, -0.05) is 21.9 Å². The van der Waals surface area contributed by atoms with E-state index in [1.54, 1.807) is 12.1 Å². The van der Waals surface area contributed by atoms with Crippen LogP contribution in [0, 0.1) is 12.3 Å². The number of terminal acetylenes is 1. The van der Waals surface area contributed by atoms with Gasteiger partial charge in [0.2, 0.25) is 5.91 Å². The Morgan fingerprint density at radius 3 is 3.09 bits per heavy atom. The number of carbonyl (C=O) groups is 2. The zero-order valence-corrected chi connectivity index (χ0v) is 14.5. The van der Waals surface area contributed by atoms with Gasteiger partial charge in [0.1, 0.15) is 12.4 Å². The molecule has 8 heteroatoms. The van der Waals surface area contributed by atoms with Crippen LogP contribution in [0.2, 0.25) is 0 Å². The first-order valence-corrected chi connectivity index (χ1v) is 8.01. The molecule has 0 atom stereocenters. The third-order valence-electron chi connectivity index (χ3n) is 2.54. The third kappa shape index (κ3) is 4.87. The molecule has 0 aromatic heterocycles. The van der Waals surface area contributed by atoms with Crippen LogP contribution in [0.3, 0.4) is 0 Å². The molecule has 0 spiro atoms. The van der Waals surface area contributed by atoms with Crippen molar-refractivity contribution in [1.82, 2.24) is 10.7 Å².